The molecule has 44 heavy (non-hydrogen) atoms. The highest BCUT2D eigenvalue weighted by molar-refractivity contribution is 9.10. The summed E-state index contributed by atoms with van der Waals surface area (Å²) in [6.45, 7) is 3.02. The number of ether oxygens (including phenoxy) is 2. The first-order valence-electron chi connectivity index (χ1n) is 14.6. The van der Waals surface area contributed by atoms with E-state index in [9.17, 15) is 9.59 Å². The fourth-order valence-corrected chi connectivity index (χ4v) is 7.98. The van der Waals surface area contributed by atoms with Gasteiger partial charge in [0.2, 0.25) is 11.8 Å². The lowest BCUT2D eigenvalue weighted by Crippen LogP contribution is -2.53. The average molecular weight is 732 g/mol. The van der Waals surface area contributed by atoms with Crippen LogP contribution in [-0.4, -0.2) is 102 Å². The molecule has 4 aromatic rings. The van der Waals surface area contributed by atoms with Crippen LogP contribution in [0.5, 0.6) is 0 Å². The number of nitrogen functional groups attached to an aromatic ring is 2. The summed E-state index contributed by atoms with van der Waals surface area (Å²) >= 11 is 6.93. The minimum Gasteiger partial charge on any atom is -0.382 e. The molecule has 0 bridgehead atoms. The second kappa shape index (κ2) is 11.9. The minimum atomic E-state index is 0.0713. The molecule has 4 aromatic heterocycles. The van der Waals surface area contributed by atoms with Crippen molar-refractivity contribution in [2.45, 2.75) is 49.6 Å². The third-order valence-electron chi connectivity index (χ3n) is 8.99. The van der Waals surface area contributed by atoms with Crippen LogP contribution >= 0.6 is 31.9 Å². The van der Waals surface area contributed by atoms with E-state index in [4.69, 9.17) is 20.9 Å². The Morgan fingerprint density at radius 1 is 0.705 bits per heavy atom. The van der Waals surface area contributed by atoms with Crippen molar-refractivity contribution in [1.82, 2.24) is 38.5 Å². The molecule has 4 aliphatic rings. The van der Waals surface area contributed by atoms with Crippen molar-refractivity contribution in [3.8, 4) is 0 Å². The maximum atomic E-state index is 12.1. The van der Waals surface area contributed by atoms with Gasteiger partial charge in [-0.15, -0.1) is 0 Å². The van der Waals surface area contributed by atoms with Crippen molar-refractivity contribution in [2.24, 2.45) is 0 Å². The third-order valence-corrected chi connectivity index (χ3v) is 10.1. The maximum absolute atomic E-state index is 12.1. The van der Waals surface area contributed by atoms with Gasteiger partial charge in [-0.05, 0) is 57.5 Å². The van der Waals surface area contributed by atoms with Crippen molar-refractivity contribution in [3.05, 3.63) is 45.6 Å². The number of nitrogens with zero attached hydrogens (tertiary/aromatic N) is 8. The van der Waals surface area contributed by atoms with Crippen molar-refractivity contribution >= 4 is 66.3 Å². The van der Waals surface area contributed by atoms with Crippen LogP contribution < -0.4 is 11.5 Å². The first-order chi connectivity index (χ1) is 21.3. The van der Waals surface area contributed by atoms with E-state index in [0.29, 0.717) is 47.1 Å². The zero-order valence-corrected chi connectivity index (χ0v) is 27.0. The van der Waals surface area contributed by atoms with E-state index in [2.05, 4.69) is 51.8 Å². The minimum absolute atomic E-state index is 0.0713. The number of imidazole rings is 2. The number of hydrogen-bond acceptors (Lipinski definition) is 10. The lowest BCUT2D eigenvalue weighted by Gasteiger charge is -2.41. The monoisotopic (exact) mass is 730 g/mol. The van der Waals surface area contributed by atoms with Gasteiger partial charge in [0.25, 0.3) is 0 Å². The molecule has 4 saturated heterocycles. The van der Waals surface area contributed by atoms with Crippen LogP contribution in [-0.2, 0) is 19.1 Å². The van der Waals surface area contributed by atoms with Crippen LogP contribution in [0.1, 0.15) is 49.2 Å². The van der Waals surface area contributed by atoms with E-state index >= 15 is 0 Å². The number of piperidine rings is 2. The zero-order valence-electron chi connectivity index (χ0n) is 23.8. The molecule has 8 heterocycles. The summed E-state index contributed by atoms with van der Waals surface area (Å²) in [5, 5.41) is 0. The topological polar surface area (TPSA) is 172 Å². The zero-order chi connectivity index (χ0) is 30.5. The Labute approximate surface area is 269 Å². The predicted molar refractivity (Wildman–Crippen MR) is 167 cm³/mol. The van der Waals surface area contributed by atoms with Gasteiger partial charge in [-0.2, -0.15) is 0 Å². The highest BCUT2D eigenvalue weighted by atomic mass is 79.9. The molecule has 4 fully saturated rings. The number of nitrogens with two attached hydrogens (primary N) is 2. The number of aromatic nitrogens is 6. The molecular formula is C28H32Br2N10O4. The van der Waals surface area contributed by atoms with Gasteiger partial charge in [0.1, 0.15) is 45.1 Å². The molecule has 232 valence electrons. The average Bonchev–Trinajstić information content (AvgIpc) is 3.55. The molecule has 4 atom stereocenters. The molecule has 0 aromatic carbocycles. The second-order valence-electron chi connectivity index (χ2n) is 11.6. The molecule has 0 saturated carbocycles. The maximum Gasteiger partial charge on any atom is 0.248 e. The Kier molecular flexibility index (Phi) is 7.93. The third kappa shape index (κ3) is 5.20. The number of amides is 2. The van der Waals surface area contributed by atoms with E-state index in [1.807, 2.05) is 31.0 Å². The first kappa shape index (κ1) is 29.4. The lowest BCUT2D eigenvalue weighted by atomic mass is 9.91. The molecular weight excluding hydrogens is 700 g/mol. The van der Waals surface area contributed by atoms with Crippen molar-refractivity contribution in [2.75, 3.05) is 51.0 Å². The number of hydrogen-bond donors (Lipinski definition) is 2. The highest BCUT2D eigenvalue weighted by Gasteiger charge is 2.38. The van der Waals surface area contributed by atoms with Crippen LogP contribution in [0.3, 0.4) is 0 Å². The smallest absolute Gasteiger partial charge is 0.248 e. The molecule has 0 radical (unpaired) electrons. The van der Waals surface area contributed by atoms with E-state index in [0.717, 1.165) is 48.4 Å². The molecule has 0 aliphatic carbocycles. The Hall–Kier alpha value is -3.34. The van der Waals surface area contributed by atoms with Crippen molar-refractivity contribution in [1.29, 1.82) is 0 Å². The first-order valence-corrected chi connectivity index (χ1v) is 16.2. The van der Waals surface area contributed by atoms with Crippen LogP contribution in [0, 0.1) is 0 Å². The molecule has 2 amide bonds. The number of fused-ring (bicyclic) bond motifs is 4. The summed E-state index contributed by atoms with van der Waals surface area (Å²) in [7, 11) is 0. The Morgan fingerprint density at radius 2 is 1.14 bits per heavy atom. The molecule has 0 spiro atoms. The largest absolute Gasteiger partial charge is 0.382 e. The van der Waals surface area contributed by atoms with Gasteiger partial charge in [-0.1, -0.05) is 0 Å². The Morgan fingerprint density at radius 3 is 1.57 bits per heavy atom. The van der Waals surface area contributed by atoms with Crippen molar-refractivity contribution in [3.63, 3.8) is 0 Å². The fourth-order valence-electron chi connectivity index (χ4n) is 6.83. The summed E-state index contributed by atoms with van der Waals surface area (Å²) in [5.74, 6) is 3.28. The summed E-state index contributed by atoms with van der Waals surface area (Å²) in [4.78, 5) is 45.5. The standard InChI is InChI=1S/2C14H16BrN5O2/c2*15-12-11-13(16)17-3-4-19(11)14(18-12)8-1-2-9-6-22-7-10(21)20(9)5-8/h2*3-4,8-9H,1-2,5-7H2,(H2,16,17)/t2*8-,9+/m10/s1. The normalized spacial score (nSPS) is 25.5. The van der Waals surface area contributed by atoms with E-state index in [1.54, 1.807) is 12.4 Å². The molecule has 4 N–H and O–H groups in total. The van der Waals surface area contributed by atoms with E-state index in [-0.39, 0.29) is 48.9 Å². The van der Waals surface area contributed by atoms with Crippen LogP contribution in [0.4, 0.5) is 11.6 Å². The van der Waals surface area contributed by atoms with Gasteiger partial charge >= 0.3 is 0 Å². The van der Waals surface area contributed by atoms with E-state index < -0.39 is 0 Å². The van der Waals surface area contributed by atoms with Crippen LogP contribution in [0.2, 0.25) is 0 Å². The number of carbonyl (C=O) groups is 2. The lowest BCUT2D eigenvalue weighted by molar-refractivity contribution is -0.151. The molecule has 14 nitrogen and oxygen atoms in total. The highest BCUT2D eigenvalue weighted by Crippen LogP contribution is 2.35. The molecule has 16 heteroatoms. The van der Waals surface area contributed by atoms with Gasteiger partial charge in [0.15, 0.2) is 11.6 Å². The number of anilines is 2. The van der Waals surface area contributed by atoms with Crippen LogP contribution in [0.25, 0.3) is 11.0 Å². The van der Waals surface area contributed by atoms with Gasteiger partial charge in [0, 0.05) is 49.7 Å². The van der Waals surface area contributed by atoms with Crippen LogP contribution in [0.15, 0.2) is 34.0 Å². The summed E-state index contributed by atoms with van der Waals surface area (Å²) in [5.41, 5.74) is 13.5. The summed E-state index contributed by atoms with van der Waals surface area (Å²) in [6, 6.07) is 0.415. The fraction of sp³-hybridized carbons (Fsp3) is 0.500. The number of carbonyl (C=O) groups excluding carboxylic acids is 2. The van der Waals surface area contributed by atoms with Gasteiger partial charge in [0.05, 0.1) is 25.3 Å². The number of rotatable bonds is 2. The van der Waals surface area contributed by atoms with Gasteiger partial charge in [-0.3, -0.25) is 18.4 Å². The Balaban J connectivity index is 0.000000142. The summed E-state index contributed by atoms with van der Waals surface area (Å²) in [6.07, 6.45) is 10.9. The second-order valence-corrected chi connectivity index (χ2v) is 13.1. The van der Waals surface area contributed by atoms with E-state index in [1.165, 1.54) is 0 Å². The number of morpholine rings is 2. The quantitative estimate of drug-likeness (QED) is 0.312. The molecule has 4 aliphatic heterocycles. The summed E-state index contributed by atoms with van der Waals surface area (Å²) < 4.78 is 16.0. The van der Waals surface area contributed by atoms with Gasteiger partial charge < -0.3 is 30.7 Å². The SMILES string of the molecule is Nc1nccn2c([C@@H]3CC[C@H]4COCC(=O)N4C3)nc(Br)c12.Nc1nccn2c([C@H]3CC[C@@H]4COCC(=O)N4C3)nc(Br)c12. The molecule has 0 unspecified atom stereocenters. The predicted octanol–water partition coefficient (Wildman–Crippen LogP) is 2.36. The van der Waals surface area contributed by atoms with Gasteiger partial charge in [-0.25, -0.2) is 19.9 Å². The molecule has 8 rings (SSSR count). The van der Waals surface area contributed by atoms with Crippen molar-refractivity contribution < 1.29 is 19.1 Å². The number of halogens is 2. The Bertz CT molecular complexity index is 1620.